The summed E-state index contributed by atoms with van der Waals surface area (Å²) in [5.41, 5.74) is 6.98. The van der Waals surface area contributed by atoms with Crippen molar-refractivity contribution in [3.05, 3.63) is 29.8 Å². The van der Waals surface area contributed by atoms with Crippen LogP contribution in [0.5, 0.6) is 5.75 Å². The first kappa shape index (κ1) is 13.0. The Morgan fingerprint density at radius 2 is 1.88 bits per heavy atom. The number of ether oxygens (including phenoxy) is 1. The molecular formula is C14H23NO. The van der Waals surface area contributed by atoms with Gasteiger partial charge in [-0.3, -0.25) is 0 Å². The van der Waals surface area contributed by atoms with E-state index in [1.807, 2.05) is 31.2 Å². The molecule has 2 heteroatoms. The standard InChI is InChI=1S/C14H23NO/c1-11(2)7-6-10-16-14-9-5-4-8-13(14)12(3)15/h4-5,8-9,11-12H,6-7,10,15H2,1-3H3. The highest BCUT2D eigenvalue weighted by Crippen LogP contribution is 2.23. The number of nitrogens with two attached hydrogens (primary N) is 1. The number of hydrogen-bond acceptors (Lipinski definition) is 2. The van der Waals surface area contributed by atoms with Gasteiger partial charge in [-0.1, -0.05) is 32.0 Å². The van der Waals surface area contributed by atoms with Crippen molar-refractivity contribution in [1.29, 1.82) is 0 Å². The average Bonchev–Trinajstić information content (AvgIpc) is 2.24. The highest BCUT2D eigenvalue weighted by molar-refractivity contribution is 5.35. The van der Waals surface area contributed by atoms with E-state index < -0.39 is 0 Å². The topological polar surface area (TPSA) is 35.2 Å². The predicted molar refractivity (Wildman–Crippen MR) is 68.6 cm³/mol. The zero-order valence-corrected chi connectivity index (χ0v) is 10.6. The van der Waals surface area contributed by atoms with Gasteiger partial charge >= 0.3 is 0 Å². The van der Waals surface area contributed by atoms with Gasteiger partial charge in [0.15, 0.2) is 0 Å². The van der Waals surface area contributed by atoms with Crippen molar-refractivity contribution in [2.45, 2.75) is 39.7 Å². The molecule has 16 heavy (non-hydrogen) atoms. The molecule has 0 saturated heterocycles. The van der Waals surface area contributed by atoms with Crippen LogP contribution < -0.4 is 10.5 Å². The quantitative estimate of drug-likeness (QED) is 0.746. The van der Waals surface area contributed by atoms with Crippen LogP contribution in [0.4, 0.5) is 0 Å². The van der Waals surface area contributed by atoms with Crippen molar-refractivity contribution in [1.82, 2.24) is 0 Å². The third-order valence-electron chi connectivity index (χ3n) is 2.59. The number of para-hydroxylation sites is 1. The number of hydrogen-bond donors (Lipinski definition) is 1. The van der Waals surface area contributed by atoms with Gasteiger partial charge in [0.25, 0.3) is 0 Å². The van der Waals surface area contributed by atoms with Crippen molar-refractivity contribution >= 4 is 0 Å². The molecule has 0 saturated carbocycles. The molecule has 0 aromatic heterocycles. The molecule has 1 aromatic carbocycles. The van der Waals surface area contributed by atoms with E-state index in [4.69, 9.17) is 10.5 Å². The second kappa shape index (κ2) is 6.54. The summed E-state index contributed by atoms with van der Waals surface area (Å²) in [5, 5.41) is 0. The van der Waals surface area contributed by atoms with Gasteiger partial charge in [-0.15, -0.1) is 0 Å². The summed E-state index contributed by atoms with van der Waals surface area (Å²) in [5.74, 6) is 1.67. The Bertz CT molecular complexity index is 307. The Morgan fingerprint density at radius 1 is 1.19 bits per heavy atom. The molecule has 0 aliphatic carbocycles. The first-order valence-corrected chi connectivity index (χ1v) is 6.08. The first-order valence-electron chi connectivity index (χ1n) is 6.08. The third-order valence-corrected chi connectivity index (χ3v) is 2.59. The summed E-state index contributed by atoms with van der Waals surface area (Å²) >= 11 is 0. The minimum Gasteiger partial charge on any atom is -0.493 e. The molecule has 1 unspecified atom stereocenters. The van der Waals surface area contributed by atoms with E-state index in [0.717, 1.165) is 30.3 Å². The lowest BCUT2D eigenvalue weighted by Crippen LogP contribution is -2.08. The molecule has 0 spiro atoms. The smallest absolute Gasteiger partial charge is 0.124 e. The van der Waals surface area contributed by atoms with Gasteiger partial charge in [0.2, 0.25) is 0 Å². The van der Waals surface area contributed by atoms with Gasteiger partial charge in [-0.2, -0.15) is 0 Å². The molecule has 90 valence electrons. The van der Waals surface area contributed by atoms with Gasteiger partial charge in [0.1, 0.15) is 5.75 Å². The minimum absolute atomic E-state index is 0.0290. The molecule has 1 atom stereocenters. The summed E-state index contributed by atoms with van der Waals surface area (Å²) < 4.78 is 5.77. The van der Waals surface area contributed by atoms with Crippen LogP contribution in [0.3, 0.4) is 0 Å². The van der Waals surface area contributed by atoms with Gasteiger partial charge in [-0.05, 0) is 31.7 Å². The second-order valence-electron chi connectivity index (χ2n) is 4.71. The highest BCUT2D eigenvalue weighted by Gasteiger charge is 2.06. The van der Waals surface area contributed by atoms with Crippen LogP contribution in [0.1, 0.15) is 45.2 Å². The Hall–Kier alpha value is -1.02. The van der Waals surface area contributed by atoms with Crippen molar-refractivity contribution in [3.63, 3.8) is 0 Å². The van der Waals surface area contributed by atoms with Crippen LogP contribution in [0, 0.1) is 5.92 Å². The second-order valence-corrected chi connectivity index (χ2v) is 4.71. The first-order chi connectivity index (χ1) is 7.61. The van der Waals surface area contributed by atoms with E-state index in [1.165, 1.54) is 6.42 Å². The summed E-state index contributed by atoms with van der Waals surface area (Å²) in [6, 6.07) is 8.04. The predicted octanol–water partition coefficient (Wildman–Crippen LogP) is 3.52. The maximum Gasteiger partial charge on any atom is 0.124 e. The fourth-order valence-corrected chi connectivity index (χ4v) is 1.66. The molecule has 1 aromatic rings. The molecular weight excluding hydrogens is 198 g/mol. The minimum atomic E-state index is 0.0290. The summed E-state index contributed by atoms with van der Waals surface area (Å²) in [6.07, 6.45) is 2.31. The lowest BCUT2D eigenvalue weighted by Gasteiger charge is -2.14. The highest BCUT2D eigenvalue weighted by atomic mass is 16.5. The Morgan fingerprint density at radius 3 is 2.50 bits per heavy atom. The largest absolute Gasteiger partial charge is 0.493 e. The maximum absolute atomic E-state index is 5.89. The zero-order chi connectivity index (χ0) is 12.0. The van der Waals surface area contributed by atoms with E-state index in [-0.39, 0.29) is 6.04 Å². The van der Waals surface area contributed by atoms with Crippen molar-refractivity contribution < 1.29 is 4.74 Å². The molecule has 0 bridgehead atoms. The van der Waals surface area contributed by atoms with Crippen LogP contribution >= 0.6 is 0 Å². The van der Waals surface area contributed by atoms with Gasteiger partial charge in [0.05, 0.1) is 6.61 Å². The van der Waals surface area contributed by atoms with Crippen LogP contribution in [0.15, 0.2) is 24.3 Å². The lowest BCUT2D eigenvalue weighted by molar-refractivity contribution is 0.294. The monoisotopic (exact) mass is 221 g/mol. The molecule has 2 nitrogen and oxygen atoms in total. The summed E-state index contributed by atoms with van der Waals surface area (Å²) in [6.45, 7) is 7.23. The molecule has 2 N–H and O–H groups in total. The SMILES string of the molecule is CC(C)CCCOc1ccccc1C(C)N. The van der Waals surface area contributed by atoms with Crippen molar-refractivity contribution in [2.75, 3.05) is 6.61 Å². The Kier molecular flexibility index (Phi) is 5.33. The van der Waals surface area contributed by atoms with E-state index in [1.54, 1.807) is 0 Å². The molecule has 0 heterocycles. The van der Waals surface area contributed by atoms with Crippen LogP contribution in [-0.4, -0.2) is 6.61 Å². The molecule has 1 rings (SSSR count). The third kappa shape index (κ3) is 4.23. The summed E-state index contributed by atoms with van der Waals surface area (Å²) in [7, 11) is 0. The number of rotatable bonds is 6. The zero-order valence-electron chi connectivity index (χ0n) is 10.6. The average molecular weight is 221 g/mol. The van der Waals surface area contributed by atoms with E-state index in [2.05, 4.69) is 13.8 Å². The molecule has 0 radical (unpaired) electrons. The fourth-order valence-electron chi connectivity index (χ4n) is 1.66. The molecule has 0 amide bonds. The van der Waals surface area contributed by atoms with Gasteiger partial charge in [-0.25, -0.2) is 0 Å². The van der Waals surface area contributed by atoms with Crippen molar-refractivity contribution in [3.8, 4) is 5.75 Å². The molecule has 0 aliphatic heterocycles. The Balaban J connectivity index is 2.47. The van der Waals surface area contributed by atoms with Crippen molar-refractivity contribution in [2.24, 2.45) is 11.7 Å². The normalized spacial score (nSPS) is 12.8. The number of benzene rings is 1. The van der Waals surface area contributed by atoms with E-state index in [0.29, 0.717) is 0 Å². The molecule has 0 aliphatic rings. The summed E-state index contributed by atoms with van der Waals surface area (Å²) in [4.78, 5) is 0. The van der Waals surface area contributed by atoms with Gasteiger partial charge in [0, 0.05) is 11.6 Å². The van der Waals surface area contributed by atoms with Crippen LogP contribution in [0.2, 0.25) is 0 Å². The lowest BCUT2D eigenvalue weighted by atomic mass is 10.1. The molecule has 0 fully saturated rings. The van der Waals surface area contributed by atoms with Crippen LogP contribution in [-0.2, 0) is 0 Å². The fraction of sp³-hybridized carbons (Fsp3) is 0.571. The van der Waals surface area contributed by atoms with E-state index in [9.17, 15) is 0 Å². The van der Waals surface area contributed by atoms with Gasteiger partial charge < -0.3 is 10.5 Å². The van der Waals surface area contributed by atoms with Crippen LogP contribution in [0.25, 0.3) is 0 Å². The Labute approximate surface area is 98.8 Å². The van der Waals surface area contributed by atoms with E-state index >= 15 is 0 Å². The maximum atomic E-state index is 5.89.